The molecule has 2 aromatic heterocycles. The SMILES string of the molecule is CC(C(=O)Nc1cnc2[nH]cc(/C=C(/C(N)=O)c3ccccc3)c2c1)c1ccc(N2CCCCC2=O)cc1. The molecule has 3 heterocycles. The van der Waals surface area contributed by atoms with Crippen LogP contribution in [0.15, 0.2) is 73.1 Å². The molecule has 5 rings (SSSR count). The van der Waals surface area contributed by atoms with Crippen LogP contribution in [-0.4, -0.2) is 34.2 Å². The molecule has 192 valence electrons. The number of H-pyrrole nitrogens is 1. The van der Waals surface area contributed by atoms with Gasteiger partial charge in [0.15, 0.2) is 0 Å². The van der Waals surface area contributed by atoms with Crippen LogP contribution in [0.5, 0.6) is 0 Å². The van der Waals surface area contributed by atoms with E-state index in [9.17, 15) is 14.4 Å². The van der Waals surface area contributed by atoms with Crippen LogP contribution in [0.3, 0.4) is 0 Å². The van der Waals surface area contributed by atoms with Crippen molar-refractivity contribution in [2.24, 2.45) is 5.73 Å². The second kappa shape index (κ2) is 10.7. The highest BCUT2D eigenvalue weighted by Crippen LogP contribution is 2.27. The Bertz CT molecular complexity index is 1520. The summed E-state index contributed by atoms with van der Waals surface area (Å²) in [5.74, 6) is -0.986. The topological polar surface area (TPSA) is 121 Å². The van der Waals surface area contributed by atoms with Crippen LogP contribution in [0.1, 0.15) is 48.8 Å². The fourth-order valence-electron chi connectivity index (χ4n) is 4.71. The first kappa shape index (κ1) is 25.0. The molecule has 4 aromatic rings. The third kappa shape index (κ3) is 5.20. The number of fused-ring (bicyclic) bond motifs is 1. The lowest BCUT2D eigenvalue weighted by Crippen LogP contribution is -2.35. The summed E-state index contributed by atoms with van der Waals surface area (Å²) in [6.07, 6.45) is 7.58. The van der Waals surface area contributed by atoms with Crippen molar-refractivity contribution < 1.29 is 14.4 Å². The third-order valence-electron chi connectivity index (χ3n) is 6.90. The number of piperidine rings is 1. The number of aromatic amines is 1. The smallest absolute Gasteiger partial charge is 0.249 e. The average molecular weight is 508 g/mol. The van der Waals surface area contributed by atoms with Crippen LogP contribution in [0.2, 0.25) is 0 Å². The number of nitrogens with two attached hydrogens (primary N) is 1. The van der Waals surface area contributed by atoms with Gasteiger partial charge in [0, 0.05) is 41.4 Å². The van der Waals surface area contributed by atoms with Crippen molar-refractivity contribution in [3.63, 3.8) is 0 Å². The Morgan fingerprint density at radius 2 is 1.87 bits per heavy atom. The lowest BCUT2D eigenvalue weighted by molar-refractivity contribution is -0.119. The van der Waals surface area contributed by atoms with Gasteiger partial charge in [-0.3, -0.25) is 14.4 Å². The molecule has 0 saturated carbocycles. The molecular weight excluding hydrogens is 478 g/mol. The second-order valence-corrected chi connectivity index (χ2v) is 9.46. The number of hydrogen-bond acceptors (Lipinski definition) is 4. The van der Waals surface area contributed by atoms with Crippen LogP contribution >= 0.6 is 0 Å². The van der Waals surface area contributed by atoms with Crippen LogP contribution in [0.4, 0.5) is 11.4 Å². The van der Waals surface area contributed by atoms with E-state index in [1.54, 1.807) is 18.5 Å². The van der Waals surface area contributed by atoms with E-state index in [-0.39, 0.29) is 11.8 Å². The summed E-state index contributed by atoms with van der Waals surface area (Å²) in [6.45, 7) is 2.57. The molecule has 3 amide bonds. The predicted octanol–water partition coefficient (Wildman–Crippen LogP) is 4.85. The lowest BCUT2D eigenvalue weighted by atomic mass is 9.99. The fourth-order valence-corrected chi connectivity index (χ4v) is 4.71. The van der Waals surface area contributed by atoms with Crippen LogP contribution in [0, 0.1) is 0 Å². The number of nitrogens with one attached hydrogen (secondary N) is 2. The van der Waals surface area contributed by atoms with Gasteiger partial charge in [-0.05, 0) is 55.2 Å². The highest BCUT2D eigenvalue weighted by atomic mass is 16.2. The number of anilines is 2. The summed E-state index contributed by atoms with van der Waals surface area (Å²) in [4.78, 5) is 46.8. The Kier molecular flexibility index (Phi) is 7.04. The zero-order valence-corrected chi connectivity index (χ0v) is 21.1. The highest BCUT2D eigenvalue weighted by molar-refractivity contribution is 6.24. The first-order chi connectivity index (χ1) is 18.4. The van der Waals surface area contributed by atoms with Crippen molar-refractivity contribution in [1.29, 1.82) is 0 Å². The summed E-state index contributed by atoms with van der Waals surface area (Å²) >= 11 is 0. The van der Waals surface area contributed by atoms with Crippen molar-refractivity contribution in [2.75, 3.05) is 16.8 Å². The number of rotatable bonds is 7. The quantitative estimate of drug-likeness (QED) is 0.310. The van der Waals surface area contributed by atoms with E-state index in [0.29, 0.717) is 23.3 Å². The maximum absolute atomic E-state index is 13.1. The number of pyridine rings is 1. The zero-order valence-electron chi connectivity index (χ0n) is 21.1. The van der Waals surface area contributed by atoms with Gasteiger partial charge < -0.3 is 20.9 Å². The van der Waals surface area contributed by atoms with E-state index in [1.807, 2.05) is 72.5 Å². The van der Waals surface area contributed by atoms with Gasteiger partial charge in [0.05, 0.1) is 17.8 Å². The maximum Gasteiger partial charge on any atom is 0.249 e. The number of primary amides is 1. The minimum atomic E-state index is -0.535. The van der Waals surface area contributed by atoms with Gasteiger partial charge in [-0.2, -0.15) is 0 Å². The maximum atomic E-state index is 13.1. The summed E-state index contributed by atoms with van der Waals surface area (Å²) in [5, 5.41) is 3.70. The first-order valence-electron chi connectivity index (χ1n) is 12.7. The van der Waals surface area contributed by atoms with Crippen molar-refractivity contribution >= 4 is 51.8 Å². The number of carbonyl (C=O) groups excluding carboxylic acids is 3. The van der Waals surface area contributed by atoms with Crippen LogP contribution < -0.4 is 16.0 Å². The molecule has 1 aliphatic rings. The van der Waals surface area contributed by atoms with E-state index in [0.717, 1.165) is 47.2 Å². The molecule has 1 atom stereocenters. The molecule has 8 nitrogen and oxygen atoms in total. The first-order valence-corrected chi connectivity index (χ1v) is 12.7. The van der Waals surface area contributed by atoms with Crippen molar-refractivity contribution in [3.8, 4) is 0 Å². The second-order valence-electron chi connectivity index (χ2n) is 9.46. The largest absolute Gasteiger partial charge is 0.366 e. The molecule has 38 heavy (non-hydrogen) atoms. The molecule has 1 fully saturated rings. The van der Waals surface area contributed by atoms with Gasteiger partial charge in [-0.15, -0.1) is 0 Å². The Labute approximate surface area is 220 Å². The molecule has 4 N–H and O–H groups in total. The van der Waals surface area contributed by atoms with E-state index < -0.39 is 11.8 Å². The number of amides is 3. The fraction of sp³-hybridized carbons (Fsp3) is 0.200. The van der Waals surface area contributed by atoms with Gasteiger partial charge in [-0.25, -0.2) is 4.98 Å². The Morgan fingerprint density at radius 3 is 2.58 bits per heavy atom. The minimum absolute atomic E-state index is 0.142. The third-order valence-corrected chi connectivity index (χ3v) is 6.90. The average Bonchev–Trinajstić information content (AvgIpc) is 3.34. The molecule has 0 radical (unpaired) electrons. The van der Waals surface area contributed by atoms with Crippen molar-refractivity contribution in [2.45, 2.75) is 32.1 Å². The number of nitrogens with zero attached hydrogens (tertiary/aromatic N) is 2. The minimum Gasteiger partial charge on any atom is -0.366 e. The Balaban J connectivity index is 1.34. The van der Waals surface area contributed by atoms with Crippen LogP contribution in [0.25, 0.3) is 22.7 Å². The molecule has 1 saturated heterocycles. The molecule has 8 heteroatoms. The van der Waals surface area contributed by atoms with Crippen LogP contribution in [-0.2, 0) is 14.4 Å². The summed E-state index contributed by atoms with van der Waals surface area (Å²) < 4.78 is 0. The molecule has 0 bridgehead atoms. The van der Waals surface area contributed by atoms with Gasteiger partial charge >= 0.3 is 0 Å². The number of aromatic nitrogens is 2. The van der Waals surface area contributed by atoms with Gasteiger partial charge in [-0.1, -0.05) is 42.5 Å². The summed E-state index contributed by atoms with van der Waals surface area (Å²) in [7, 11) is 0. The van der Waals surface area contributed by atoms with E-state index in [1.165, 1.54) is 0 Å². The van der Waals surface area contributed by atoms with Gasteiger partial charge in [0.25, 0.3) is 0 Å². The number of benzene rings is 2. The standard InChI is InChI=1S/C30H29N5O3/c1-19(20-10-12-24(13-11-20)35-14-6-5-9-27(35)36)30(38)34-23-16-26-22(17-32-29(26)33-18-23)15-25(28(31)37)21-7-3-2-4-8-21/h2-4,7-8,10-13,15-19H,5-6,9,14H2,1H3,(H2,31,37)(H,32,33)(H,34,38)/b25-15+. The summed E-state index contributed by atoms with van der Waals surface area (Å²) in [5.41, 5.74) is 10.4. The number of hydrogen-bond donors (Lipinski definition) is 3. The van der Waals surface area contributed by atoms with E-state index in [4.69, 9.17) is 5.73 Å². The zero-order chi connectivity index (χ0) is 26.6. The Morgan fingerprint density at radius 1 is 1.11 bits per heavy atom. The Hall–Kier alpha value is -4.72. The highest BCUT2D eigenvalue weighted by Gasteiger charge is 2.21. The molecule has 0 spiro atoms. The van der Waals surface area contributed by atoms with Crippen molar-refractivity contribution in [1.82, 2.24) is 9.97 Å². The predicted molar refractivity (Wildman–Crippen MR) is 149 cm³/mol. The molecule has 2 aromatic carbocycles. The van der Waals surface area contributed by atoms with Crippen molar-refractivity contribution in [3.05, 3.63) is 89.7 Å². The molecule has 1 aliphatic heterocycles. The normalized spacial score (nSPS) is 14.9. The summed E-state index contributed by atoms with van der Waals surface area (Å²) in [6, 6.07) is 18.6. The van der Waals surface area contributed by atoms with Gasteiger partial charge in [0.1, 0.15) is 5.65 Å². The monoisotopic (exact) mass is 507 g/mol. The molecular formula is C30H29N5O3. The van der Waals surface area contributed by atoms with E-state index in [2.05, 4.69) is 15.3 Å². The number of carbonyl (C=O) groups is 3. The molecule has 1 unspecified atom stereocenters. The van der Waals surface area contributed by atoms with E-state index >= 15 is 0 Å². The lowest BCUT2D eigenvalue weighted by Gasteiger charge is -2.27. The molecule has 0 aliphatic carbocycles. The van der Waals surface area contributed by atoms with Gasteiger partial charge in [0.2, 0.25) is 17.7 Å².